The first-order valence-corrected chi connectivity index (χ1v) is 8.54. The molecule has 0 amide bonds. The first kappa shape index (κ1) is 17.3. The lowest BCUT2D eigenvalue weighted by Gasteiger charge is -2.34. The Bertz CT molecular complexity index is 1010. The standard InChI is InChI=1S/C18H17F2N7/c1-22-12-2-3-15-16(6-12)27(10-17-23-7-11(19)8-24-17)18(25-15)26-5-4-13(20)14(21)9-26/h2-3,6-8,13-14H,4-5,9-10,21H2/t13-,14-/m1/s1. The number of aromatic nitrogens is 4. The van der Waals surface area contributed by atoms with Crippen molar-refractivity contribution >= 4 is 22.7 Å². The fraction of sp³-hybridized carbons (Fsp3) is 0.333. The molecule has 1 aromatic carbocycles. The number of alkyl halides is 1. The number of benzene rings is 1. The molecule has 2 atom stereocenters. The molecule has 3 heterocycles. The zero-order valence-corrected chi connectivity index (χ0v) is 14.4. The van der Waals surface area contributed by atoms with Crippen LogP contribution in [0.15, 0.2) is 30.6 Å². The van der Waals surface area contributed by atoms with Gasteiger partial charge in [0.1, 0.15) is 12.0 Å². The van der Waals surface area contributed by atoms with E-state index >= 15 is 0 Å². The molecule has 0 spiro atoms. The van der Waals surface area contributed by atoms with Crippen LogP contribution in [-0.4, -0.2) is 44.8 Å². The molecule has 2 aromatic heterocycles. The van der Waals surface area contributed by atoms with E-state index in [9.17, 15) is 8.78 Å². The molecule has 1 fully saturated rings. The summed E-state index contributed by atoms with van der Waals surface area (Å²) in [6, 6.07) is 4.62. The van der Waals surface area contributed by atoms with Crippen LogP contribution in [0.5, 0.6) is 0 Å². The fourth-order valence-corrected chi connectivity index (χ4v) is 3.26. The van der Waals surface area contributed by atoms with E-state index in [1.54, 1.807) is 18.2 Å². The van der Waals surface area contributed by atoms with Crippen LogP contribution in [0.3, 0.4) is 0 Å². The predicted octanol–water partition coefficient (Wildman–Crippen LogP) is 2.44. The van der Waals surface area contributed by atoms with Gasteiger partial charge in [0, 0.05) is 13.1 Å². The van der Waals surface area contributed by atoms with Gasteiger partial charge in [-0.1, -0.05) is 6.07 Å². The molecule has 0 radical (unpaired) electrons. The second-order valence-electron chi connectivity index (χ2n) is 6.51. The van der Waals surface area contributed by atoms with Crippen molar-refractivity contribution in [3.05, 3.63) is 53.7 Å². The van der Waals surface area contributed by atoms with Gasteiger partial charge in [-0.05, 0) is 18.6 Å². The second-order valence-corrected chi connectivity index (χ2v) is 6.51. The van der Waals surface area contributed by atoms with Crippen molar-refractivity contribution in [3.63, 3.8) is 0 Å². The number of hydrogen-bond acceptors (Lipinski definition) is 5. The minimum absolute atomic E-state index is 0.248. The molecule has 9 heteroatoms. The summed E-state index contributed by atoms with van der Waals surface area (Å²) in [5.74, 6) is 0.512. The van der Waals surface area contributed by atoms with E-state index in [-0.39, 0.29) is 6.54 Å². The number of hydrogen-bond donors (Lipinski definition) is 1. The summed E-state index contributed by atoms with van der Waals surface area (Å²) in [6.45, 7) is 8.32. The third-order valence-corrected chi connectivity index (χ3v) is 4.67. The Labute approximate surface area is 154 Å². The summed E-state index contributed by atoms with van der Waals surface area (Å²) in [5, 5.41) is 0. The fourth-order valence-electron chi connectivity index (χ4n) is 3.26. The third kappa shape index (κ3) is 3.31. The maximum atomic E-state index is 13.8. The molecule has 0 aliphatic carbocycles. The highest BCUT2D eigenvalue weighted by atomic mass is 19.1. The molecule has 27 heavy (non-hydrogen) atoms. The van der Waals surface area contributed by atoms with Crippen LogP contribution in [0, 0.1) is 12.4 Å². The van der Waals surface area contributed by atoms with Crippen molar-refractivity contribution in [1.82, 2.24) is 19.5 Å². The van der Waals surface area contributed by atoms with Crippen LogP contribution in [0.25, 0.3) is 15.9 Å². The van der Waals surface area contributed by atoms with Gasteiger partial charge in [-0.15, -0.1) is 0 Å². The van der Waals surface area contributed by atoms with Crippen LogP contribution in [0.2, 0.25) is 0 Å². The SMILES string of the molecule is [C-]#[N+]c1ccc2nc(N3CC[C@@H](F)[C@H](N)C3)n(Cc3ncc(F)cn3)c2c1. The minimum atomic E-state index is -1.03. The number of anilines is 1. The monoisotopic (exact) mass is 369 g/mol. The van der Waals surface area contributed by atoms with Crippen molar-refractivity contribution in [3.8, 4) is 0 Å². The molecule has 4 rings (SSSR count). The molecule has 3 aromatic rings. The van der Waals surface area contributed by atoms with Crippen molar-refractivity contribution in [2.45, 2.75) is 25.2 Å². The highest BCUT2D eigenvalue weighted by Gasteiger charge is 2.29. The lowest BCUT2D eigenvalue weighted by atomic mass is 10.1. The Morgan fingerprint density at radius 3 is 2.78 bits per heavy atom. The van der Waals surface area contributed by atoms with E-state index in [1.165, 1.54) is 0 Å². The highest BCUT2D eigenvalue weighted by Crippen LogP contribution is 2.29. The first-order valence-electron chi connectivity index (χ1n) is 8.54. The van der Waals surface area contributed by atoms with Crippen LogP contribution >= 0.6 is 0 Å². The van der Waals surface area contributed by atoms with Gasteiger partial charge in [0.2, 0.25) is 5.95 Å². The minimum Gasteiger partial charge on any atom is -0.340 e. The number of rotatable bonds is 3. The molecule has 1 saturated heterocycles. The zero-order chi connectivity index (χ0) is 19.0. The molecular formula is C18H17F2N7. The predicted molar refractivity (Wildman–Crippen MR) is 96.8 cm³/mol. The zero-order valence-electron chi connectivity index (χ0n) is 14.4. The smallest absolute Gasteiger partial charge is 0.206 e. The molecule has 0 saturated carbocycles. The quantitative estimate of drug-likeness (QED) is 0.718. The maximum Gasteiger partial charge on any atom is 0.206 e. The van der Waals surface area contributed by atoms with Crippen molar-refractivity contribution in [2.75, 3.05) is 18.0 Å². The van der Waals surface area contributed by atoms with Crippen LogP contribution in [-0.2, 0) is 6.54 Å². The van der Waals surface area contributed by atoms with Gasteiger partial charge in [-0.25, -0.2) is 28.6 Å². The van der Waals surface area contributed by atoms with E-state index in [4.69, 9.17) is 12.3 Å². The van der Waals surface area contributed by atoms with Crippen LogP contribution < -0.4 is 10.6 Å². The summed E-state index contributed by atoms with van der Waals surface area (Å²) in [6.07, 6.45) is 1.50. The van der Waals surface area contributed by atoms with Crippen LogP contribution in [0.4, 0.5) is 20.4 Å². The van der Waals surface area contributed by atoms with Gasteiger partial charge in [-0.2, -0.15) is 0 Å². The molecule has 138 valence electrons. The normalized spacial score (nSPS) is 20.0. The summed E-state index contributed by atoms with van der Waals surface area (Å²) in [4.78, 5) is 18.1. The topological polar surface area (TPSA) is 77.2 Å². The van der Waals surface area contributed by atoms with E-state index in [0.717, 1.165) is 17.9 Å². The van der Waals surface area contributed by atoms with Gasteiger partial charge in [-0.3, -0.25) is 0 Å². The van der Waals surface area contributed by atoms with Crippen LogP contribution in [0.1, 0.15) is 12.2 Å². The van der Waals surface area contributed by atoms with E-state index in [1.807, 2.05) is 9.47 Å². The van der Waals surface area contributed by atoms with Gasteiger partial charge >= 0.3 is 0 Å². The number of piperidine rings is 1. The summed E-state index contributed by atoms with van der Waals surface area (Å²) in [7, 11) is 0. The van der Waals surface area contributed by atoms with Gasteiger partial charge in [0.05, 0.1) is 42.6 Å². The Kier molecular flexibility index (Phi) is 4.41. The molecular weight excluding hydrogens is 352 g/mol. The molecule has 1 aliphatic rings. The average molecular weight is 369 g/mol. The maximum absolute atomic E-state index is 13.8. The summed E-state index contributed by atoms with van der Waals surface area (Å²) < 4.78 is 28.8. The van der Waals surface area contributed by atoms with E-state index < -0.39 is 18.0 Å². The largest absolute Gasteiger partial charge is 0.340 e. The summed E-state index contributed by atoms with van der Waals surface area (Å²) in [5.41, 5.74) is 7.83. The molecule has 7 nitrogen and oxygen atoms in total. The van der Waals surface area contributed by atoms with E-state index in [2.05, 4.69) is 19.8 Å². The number of fused-ring (bicyclic) bond motifs is 1. The number of imidazole rings is 1. The molecule has 0 bridgehead atoms. The number of nitrogens with zero attached hydrogens (tertiary/aromatic N) is 6. The molecule has 1 aliphatic heterocycles. The highest BCUT2D eigenvalue weighted by molar-refractivity contribution is 5.83. The summed E-state index contributed by atoms with van der Waals surface area (Å²) >= 11 is 0. The van der Waals surface area contributed by atoms with Gasteiger partial charge in [0.15, 0.2) is 11.5 Å². The van der Waals surface area contributed by atoms with Crippen molar-refractivity contribution in [1.29, 1.82) is 0 Å². The third-order valence-electron chi connectivity index (χ3n) is 4.67. The number of nitrogens with two attached hydrogens (primary N) is 1. The molecule has 2 N–H and O–H groups in total. The second kappa shape index (κ2) is 6.89. The lowest BCUT2D eigenvalue weighted by molar-refractivity contribution is 0.243. The van der Waals surface area contributed by atoms with Gasteiger partial charge < -0.3 is 15.2 Å². The average Bonchev–Trinajstić information content (AvgIpc) is 3.03. The molecule has 0 unspecified atom stereocenters. The van der Waals surface area contributed by atoms with Crippen molar-refractivity contribution in [2.24, 2.45) is 5.73 Å². The Hall–Kier alpha value is -3.12. The first-order chi connectivity index (χ1) is 13.0. The van der Waals surface area contributed by atoms with E-state index in [0.29, 0.717) is 42.5 Å². The van der Waals surface area contributed by atoms with Gasteiger partial charge in [0.25, 0.3) is 0 Å². The Morgan fingerprint density at radius 1 is 1.30 bits per heavy atom. The lowest BCUT2D eigenvalue weighted by Crippen LogP contribution is -2.50. The van der Waals surface area contributed by atoms with Crippen molar-refractivity contribution < 1.29 is 8.78 Å². The Balaban J connectivity index is 1.79. The number of halogens is 2. The Morgan fingerprint density at radius 2 is 2.07 bits per heavy atom.